The van der Waals surface area contributed by atoms with Crippen molar-refractivity contribution in [2.45, 2.75) is 50.6 Å². The van der Waals surface area contributed by atoms with Crippen LogP contribution in [0.5, 0.6) is 5.75 Å². The van der Waals surface area contributed by atoms with Gasteiger partial charge in [-0.25, -0.2) is 13.1 Å². The van der Waals surface area contributed by atoms with Crippen molar-refractivity contribution >= 4 is 10.0 Å². The van der Waals surface area contributed by atoms with E-state index in [1.165, 1.54) is 18.4 Å². The van der Waals surface area contributed by atoms with Crippen molar-refractivity contribution in [2.24, 2.45) is 0 Å². The van der Waals surface area contributed by atoms with Crippen molar-refractivity contribution in [3.8, 4) is 5.75 Å². The van der Waals surface area contributed by atoms with Gasteiger partial charge in [-0.3, -0.25) is 4.90 Å². The molecule has 0 radical (unpaired) electrons. The van der Waals surface area contributed by atoms with Gasteiger partial charge in [0, 0.05) is 13.1 Å². The van der Waals surface area contributed by atoms with E-state index in [1.807, 2.05) is 32.0 Å². The van der Waals surface area contributed by atoms with Gasteiger partial charge in [-0.15, -0.1) is 0 Å². The van der Waals surface area contributed by atoms with Crippen LogP contribution >= 0.6 is 0 Å². The standard InChI is InChI=1S/C22H30N2O3S/c1-17(2)21-14-20(10-11-22(21)27-3)28(25,26)23-15-18-8-4-5-9-19(18)16-24-12-6-7-13-24/h4-5,8-11,14,17,23H,6-7,12-13,15-16H2,1-3H3. The molecule has 1 heterocycles. The highest BCUT2D eigenvalue weighted by atomic mass is 32.2. The topological polar surface area (TPSA) is 58.6 Å². The predicted molar refractivity (Wildman–Crippen MR) is 112 cm³/mol. The molecule has 1 fully saturated rings. The van der Waals surface area contributed by atoms with Crippen LogP contribution in [0.4, 0.5) is 0 Å². The van der Waals surface area contributed by atoms with Crippen molar-refractivity contribution in [3.05, 3.63) is 59.2 Å². The molecule has 1 N–H and O–H groups in total. The van der Waals surface area contributed by atoms with Gasteiger partial charge in [-0.2, -0.15) is 0 Å². The number of rotatable bonds is 8. The lowest BCUT2D eigenvalue weighted by Gasteiger charge is -2.18. The number of hydrogen-bond acceptors (Lipinski definition) is 4. The fraction of sp³-hybridized carbons (Fsp3) is 0.455. The minimum atomic E-state index is -3.60. The summed E-state index contributed by atoms with van der Waals surface area (Å²) in [5.74, 6) is 0.885. The molecule has 1 saturated heterocycles. The van der Waals surface area contributed by atoms with Crippen LogP contribution in [0.1, 0.15) is 49.3 Å². The van der Waals surface area contributed by atoms with Gasteiger partial charge in [0.05, 0.1) is 12.0 Å². The minimum Gasteiger partial charge on any atom is -0.496 e. The molecule has 1 aliphatic rings. The lowest BCUT2D eigenvalue weighted by molar-refractivity contribution is 0.330. The van der Waals surface area contributed by atoms with Gasteiger partial charge in [0.1, 0.15) is 5.75 Å². The third-order valence-corrected chi connectivity index (χ3v) is 6.70. The van der Waals surface area contributed by atoms with Crippen LogP contribution < -0.4 is 9.46 Å². The predicted octanol–water partition coefficient (Wildman–Crippen LogP) is 3.89. The molecule has 0 saturated carbocycles. The number of nitrogens with zero attached hydrogens (tertiary/aromatic N) is 1. The van der Waals surface area contributed by atoms with Crippen LogP contribution in [0.3, 0.4) is 0 Å². The Kier molecular flexibility index (Phi) is 6.75. The summed E-state index contributed by atoms with van der Waals surface area (Å²) < 4.78 is 33.9. The van der Waals surface area contributed by atoms with Gasteiger partial charge in [-0.1, -0.05) is 38.1 Å². The summed E-state index contributed by atoms with van der Waals surface area (Å²) in [5.41, 5.74) is 3.10. The van der Waals surface area contributed by atoms with E-state index in [9.17, 15) is 8.42 Å². The molecule has 28 heavy (non-hydrogen) atoms. The molecular weight excluding hydrogens is 372 g/mol. The van der Waals surface area contributed by atoms with Crippen LogP contribution in [0.2, 0.25) is 0 Å². The first kappa shape index (κ1) is 20.8. The van der Waals surface area contributed by atoms with Crippen molar-refractivity contribution in [3.63, 3.8) is 0 Å². The van der Waals surface area contributed by atoms with E-state index in [0.717, 1.165) is 30.8 Å². The first-order valence-electron chi connectivity index (χ1n) is 9.87. The quantitative estimate of drug-likeness (QED) is 0.728. The molecule has 0 spiro atoms. The van der Waals surface area contributed by atoms with Gasteiger partial charge in [0.15, 0.2) is 0 Å². The Morgan fingerprint density at radius 2 is 1.75 bits per heavy atom. The number of hydrogen-bond donors (Lipinski definition) is 1. The van der Waals surface area contributed by atoms with Gasteiger partial charge >= 0.3 is 0 Å². The average Bonchev–Trinajstić information content (AvgIpc) is 3.20. The Labute approximate surface area is 168 Å². The van der Waals surface area contributed by atoms with Gasteiger partial charge in [-0.05, 0) is 66.7 Å². The highest BCUT2D eigenvalue weighted by Gasteiger charge is 2.19. The molecule has 6 heteroatoms. The van der Waals surface area contributed by atoms with Crippen LogP contribution in [0, 0.1) is 0 Å². The summed E-state index contributed by atoms with van der Waals surface area (Å²) in [7, 11) is -2.00. The number of benzene rings is 2. The first-order valence-corrected chi connectivity index (χ1v) is 11.4. The second-order valence-corrected chi connectivity index (χ2v) is 9.40. The van der Waals surface area contributed by atoms with Crippen LogP contribution in [0.25, 0.3) is 0 Å². The highest BCUT2D eigenvalue weighted by molar-refractivity contribution is 7.89. The monoisotopic (exact) mass is 402 g/mol. The zero-order valence-electron chi connectivity index (χ0n) is 16.9. The summed E-state index contributed by atoms with van der Waals surface area (Å²) in [4.78, 5) is 2.69. The molecule has 0 bridgehead atoms. The Morgan fingerprint density at radius 3 is 2.39 bits per heavy atom. The Hall–Kier alpha value is -1.89. The lowest BCUT2D eigenvalue weighted by Crippen LogP contribution is -2.25. The maximum atomic E-state index is 12.9. The van der Waals surface area contributed by atoms with Gasteiger partial charge in [0.2, 0.25) is 10.0 Å². The molecule has 0 atom stereocenters. The number of nitrogens with one attached hydrogen (secondary N) is 1. The number of sulfonamides is 1. The fourth-order valence-corrected chi connectivity index (χ4v) is 4.69. The molecule has 2 aromatic carbocycles. The Balaban J connectivity index is 1.76. The molecule has 0 aromatic heterocycles. The van der Waals surface area contributed by atoms with E-state index in [0.29, 0.717) is 5.75 Å². The van der Waals surface area contributed by atoms with E-state index in [2.05, 4.69) is 15.7 Å². The molecule has 152 valence electrons. The third-order valence-electron chi connectivity index (χ3n) is 5.30. The van der Waals surface area contributed by atoms with Gasteiger partial charge < -0.3 is 4.74 Å². The molecule has 0 amide bonds. The van der Waals surface area contributed by atoms with E-state index in [1.54, 1.807) is 25.3 Å². The summed E-state index contributed by atoms with van der Waals surface area (Å²) >= 11 is 0. The second-order valence-electron chi connectivity index (χ2n) is 7.63. The largest absolute Gasteiger partial charge is 0.496 e. The smallest absolute Gasteiger partial charge is 0.240 e. The highest BCUT2D eigenvalue weighted by Crippen LogP contribution is 2.29. The Bertz CT molecular complexity index is 904. The maximum Gasteiger partial charge on any atom is 0.240 e. The van der Waals surface area contributed by atoms with Crippen molar-refractivity contribution < 1.29 is 13.2 Å². The van der Waals surface area contributed by atoms with Crippen LogP contribution in [-0.2, 0) is 23.1 Å². The summed E-state index contributed by atoms with van der Waals surface area (Å²) in [6.07, 6.45) is 2.48. The maximum absolute atomic E-state index is 12.9. The second kappa shape index (κ2) is 9.07. The third kappa shape index (κ3) is 4.93. The van der Waals surface area contributed by atoms with Crippen molar-refractivity contribution in [1.82, 2.24) is 9.62 Å². The summed E-state index contributed by atoms with van der Waals surface area (Å²) in [6, 6.07) is 13.1. The number of ether oxygens (including phenoxy) is 1. The lowest BCUT2D eigenvalue weighted by atomic mass is 10.0. The number of methoxy groups -OCH3 is 1. The zero-order chi connectivity index (χ0) is 20.1. The summed E-state index contributed by atoms with van der Waals surface area (Å²) in [5, 5.41) is 0. The summed E-state index contributed by atoms with van der Waals surface area (Å²) in [6.45, 7) is 7.44. The van der Waals surface area contributed by atoms with Crippen LogP contribution in [0.15, 0.2) is 47.4 Å². The molecule has 0 aliphatic carbocycles. The van der Waals surface area contributed by atoms with E-state index in [-0.39, 0.29) is 17.4 Å². The van der Waals surface area contributed by atoms with E-state index < -0.39 is 10.0 Å². The fourth-order valence-electron chi connectivity index (χ4n) is 3.65. The molecular formula is C22H30N2O3S. The number of likely N-dealkylation sites (tertiary alicyclic amines) is 1. The normalized spacial score (nSPS) is 15.3. The molecule has 3 rings (SSSR count). The van der Waals surface area contributed by atoms with E-state index in [4.69, 9.17) is 4.74 Å². The van der Waals surface area contributed by atoms with Gasteiger partial charge in [0.25, 0.3) is 0 Å². The SMILES string of the molecule is COc1ccc(S(=O)(=O)NCc2ccccc2CN2CCCC2)cc1C(C)C. The van der Waals surface area contributed by atoms with E-state index >= 15 is 0 Å². The molecule has 5 nitrogen and oxygen atoms in total. The first-order chi connectivity index (χ1) is 13.4. The molecule has 0 unspecified atom stereocenters. The Morgan fingerprint density at radius 1 is 1.07 bits per heavy atom. The average molecular weight is 403 g/mol. The van der Waals surface area contributed by atoms with Crippen LogP contribution in [-0.4, -0.2) is 33.5 Å². The van der Waals surface area contributed by atoms with Crippen molar-refractivity contribution in [2.75, 3.05) is 20.2 Å². The van der Waals surface area contributed by atoms with Crippen molar-refractivity contribution in [1.29, 1.82) is 0 Å². The molecule has 1 aliphatic heterocycles. The molecule has 2 aromatic rings. The zero-order valence-corrected chi connectivity index (χ0v) is 17.8. The minimum absolute atomic E-state index is 0.172.